The second-order valence-electron chi connectivity index (χ2n) is 5.18. The Labute approximate surface area is 119 Å². The maximum Gasteiger partial charge on any atom is 0.161 e. The maximum atomic E-state index is 9.83. The minimum absolute atomic E-state index is 0.187. The Balaban J connectivity index is 1.65. The van der Waals surface area contributed by atoms with Gasteiger partial charge in [0.2, 0.25) is 0 Å². The Morgan fingerprint density at radius 1 is 1.20 bits per heavy atom. The molecule has 2 unspecified atom stereocenters. The molecule has 20 heavy (non-hydrogen) atoms. The second-order valence-corrected chi connectivity index (χ2v) is 5.18. The molecular formula is C15H23NO4. The van der Waals surface area contributed by atoms with Crippen LogP contribution in [0.1, 0.15) is 12.8 Å². The van der Waals surface area contributed by atoms with E-state index in [1.807, 2.05) is 18.2 Å². The Bertz CT molecular complexity index is 409. The van der Waals surface area contributed by atoms with Crippen LogP contribution in [0.3, 0.4) is 0 Å². The third kappa shape index (κ3) is 4.67. The summed E-state index contributed by atoms with van der Waals surface area (Å²) in [5, 5.41) is 22.6. The molecule has 0 aromatic heterocycles. The highest BCUT2D eigenvalue weighted by Gasteiger charge is 2.29. The molecule has 1 fully saturated rings. The topological polar surface area (TPSA) is 71.0 Å². The molecule has 2 rings (SSSR count). The van der Waals surface area contributed by atoms with Crippen LogP contribution in [0.25, 0.3) is 0 Å². The number of hydrogen-bond acceptors (Lipinski definition) is 5. The molecule has 0 radical (unpaired) electrons. The van der Waals surface area contributed by atoms with Gasteiger partial charge in [0.25, 0.3) is 0 Å². The molecule has 1 aliphatic rings. The zero-order valence-electron chi connectivity index (χ0n) is 11.8. The van der Waals surface area contributed by atoms with Crippen LogP contribution in [-0.4, -0.2) is 49.2 Å². The van der Waals surface area contributed by atoms with Gasteiger partial charge in [-0.25, -0.2) is 0 Å². The fraction of sp³-hybridized carbons (Fsp3) is 0.600. The van der Waals surface area contributed by atoms with Crippen LogP contribution >= 0.6 is 0 Å². The molecule has 0 bridgehead atoms. The third-order valence-electron chi connectivity index (χ3n) is 3.40. The van der Waals surface area contributed by atoms with Crippen LogP contribution in [0.4, 0.5) is 0 Å². The molecule has 0 aliphatic heterocycles. The zero-order valence-corrected chi connectivity index (χ0v) is 11.8. The molecule has 2 atom stereocenters. The number of hydrogen-bond donors (Lipinski definition) is 3. The number of benzene rings is 1. The van der Waals surface area contributed by atoms with E-state index in [-0.39, 0.29) is 12.7 Å². The lowest BCUT2D eigenvalue weighted by atomic mass is 10.2. The average molecular weight is 281 g/mol. The van der Waals surface area contributed by atoms with Crippen molar-refractivity contribution in [3.05, 3.63) is 24.3 Å². The Kier molecular flexibility index (Phi) is 5.64. The molecule has 1 aromatic carbocycles. The summed E-state index contributed by atoms with van der Waals surface area (Å²) in [5.74, 6) is 1.72. The highest BCUT2D eigenvalue weighted by molar-refractivity contribution is 5.39. The van der Waals surface area contributed by atoms with Gasteiger partial charge in [-0.15, -0.1) is 0 Å². The van der Waals surface area contributed by atoms with Crippen LogP contribution in [-0.2, 0) is 0 Å². The number of rotatable bonds is 9. The fourth-order valence-electron chi connectivity index (χ4n) is 2.03. The summed E-state index contributed by atoms with van der Waals surface area (Å²) < 4.78 is 10.7. The van der Waals surface area contributed by atoms with E-state index < -0.39 is 6.10 Å². The van der Waals surface area contributed by atoms with Gasteiger partial charge in [0, 0.05) is 13.1 Å². The van der Waals surface area contributed by atoms with Crippen molar-refractivity contribution in [1.29, 1.82) is 0 Å². The predicted octanol–water partition coefficient (Wildman–Crippen LogP) is 0.795. The molecule has 1 saturated carbocycles. The van der Waals surface area contributed by atoms with Gasteiger partial charge in [-0.2, -0.15) is 0 Å². The molecule has 3 N–H and O–H groups in total. The van der Waals surface area contributed by atoms with Gasteiger partial charge in [-0.05, 0) is 30.9 Å². The number of nitrogens with one attached hydrogen (secondary N) is 1. The predicted molar refractivity (Wildman–Crippen MR) is 76.1 cm³/mol. The minimum Gasteiger partial charge on any atom is -0.493 e. The number of aliphatic hydroxyl groups is 2. The van der Waals surface area contributed by atoms with E-state index in [9.17, 15) is 10.2 Å². The second kappa shape index (κ2) is 7.47. The summed E-state index contributed by atoms with van der Waals surface area (Å²) >= 11 is 0. The van der Waals surface area contributed by atoms with Gasteiger partial charge in [-0.3, -0.25) is 0 Å². The molecule has 1 aromatic rings. The van der Waals surface area contributed by atoms with Crippen molar-refractivity contribution in [2.45, 2.75) is 25.0 Å². The van der Waals surface area contributed by atoms with Crippen LogP contribution in [0, 0.1) is 5.92 Å². The van der Waals surface area contributed by atoms with Crippen molar-refractivity contribution >= 4 is 0 Å². The number of para-hydroxylation sites is 2. The zero-order chi connectivity index (χ0) is 14.4. The van der Waals surface area contributed by atoms with Crippen molar-refractivity contribution in [3.8, 4) is 11.5 Å². The molecule has 5 heteroatoms. The molecule has 0 spiro atoms. The third-order valence-corrected chi connectivity index (χ3v) is 3.40. The van der Waals surface area contributed by atoms with Crippen molar-refractivity contribution in [1.82, 2.24) is 5.32 Å². The quantitative estimate of drug-likeness (QED) is 0.624. The first kappa shape index (κ1) is 15.1. The summed E-state index contributed by atoms with van der Waals surface area (Å²) in [4.78, 5) is 0. The lowest BCUT2D eigenvalue weighted by Crippen LogP contribution is -2.36. The summed E-state index contributed by atoms with van der Waals surface area (Å²) in [6.45, 7) is 1.11. The molecule has 0 heterocycles. The lowest BCUT2D eigenvalue weighted by molar-refractivity contribution is 0.0953. The van der Waals surface area contributed by atoms with E-state index in [0.29, 0.717) is 30.5 Å². The van der Waals surface area contributed by atoms with Gasteiger partial charge in [0.1, 0.15) is 12.7 Å². The number of aliphatic hydroxyl groups excluding tert-OH is 2. The summed E-state index contributed by atoms with van der Waals surface area (Å²) in [5.41, 5.74) is 0. The molecule has 0 saturated heterocycles. The monoisotopic (exact) mass is 281 g/mol. The van der Waals surface area contributed by atoms with E-state index in [2.05, 4.69) is 5.32 Å². The van der Waals surface area contributed by atoms with Crippen LogP contribution in [0.2, 0.25) is 0 Å². The molecule has 5 nitrogen and oxygen atoms in total. The molecule has 0 amide bonds. The summed E-state index contributed by atoms with van der Waals surface area (Å²) in [6, 6.07) is 7.33. The molecule has 1 aliphatic carbocycles. The van der Waals surface area contributed by atoms with Gasteiger partial charge < -0.3 is 25.0 Å². The Morgan fingerprint density at radius 2 is 1.90 bits per heavy atom. The highest BCUT2D eigenvalue weighted by atomic mass is 16.5. The largest absolute Gasteiger partial charge is 0.493 e. The van der Waals surface area contributed by atoms with E-state index >= 15 is 0 Å². The Morgan fingerprint density at radius 3 is 2.55 bits per heavy atom. The van der Waals surface area contributed by atoms with Crippen molar-refractivity contribution < 1.29 is 19.7 Å². The van der Waals surface area contributed by atoms with Gasteiger partial charge >= 0.3 is 0 Å². The van der Waals surface area contributed by atoms with Crippen molar-refractivity contribution in [2.24, 2.45) is 5.92 Å². The maximum absolute atomic E-state index is 9.83. The first-order valence-corrected chi connectivity index (χ1v) is 7.03. The van der Waals surface area contributed by atoms with Crippen molar-refractivity contribution in [3.63, 3.8) is 0 Å². The normalized spacial score (nSPS) is 17.6. The first-order valence-electron chi connectivity index (χ1n) is 7.03. The van der Waals surface area contributed by atoms with Crippen LogP contribution in [0.15, 0.2) is 24.3 Å². The van der Waals surface area contributed by atoms with E-state index in [0.717, 1.165) is 12.8 Å². The summed E-state index contributed by atoms with van der Waals surface area (Å²) in [7, 11) is 1.58. The fourth-order valence-corrected chi connectivity index (χ4v) is 2.03. The Hall–Kier alpha value is -1.30. The molecular weight excluding hydrogens is 258 g/mol. The van der Waals surface area contributed by atoms with Gasteiger partial charge in [-0.1, -0.05) is 12.1 Å². The van der Waals surface area contributed by atoms with E-state index in [1.165, 1.54) is 0 Å². The summed E-state index contributed by atoms with van der Waals surface area (Å²) in [6.07, 6.45) is 1.31. The van der Waals surface area contributed by atoms with E-state index in [4.69, 9.17) is 9.47 Å². The minimum atomic E-state index is -0.619. The standard InChI is InChI=1S/C15H23NO4/c1-19-14-4-2-3-5-15(14)20-10-12(17)8-16-9-13(18)11-6-7-11/h2-5,11-13,16-18H,6-10H2,1H3. The van der Waals surface area contributed by atoms with E-state index in [1.54, 1.807) is 13.2 Å². The number of methoxy groups -OCH3 is 1. The van der Waals surface area contributed by atoms with Crippen molar-refractivity contribution in [2.75, 3.05) is 26.8 Å². The van der Waals surface area contributed by atoms with Gasteiger partial charge in [0.15, 0.2) is 11.5 Å². The van der Waals surface area contributed by atoms with Crippen LogP contribution < -0.4 is 14.8 Å². The average Bonchev–Trinajstić information content (AvgIpc) is 3.30. The SMILES string of the molecule is COc1ccccc1OCC(O)CNCC(O)C1CC1. The number of ether oxygens (including phenoxy) is 2. The first-order chi connectivity index (χ1) is 9.70. The van der Waals surface area contributed by atoms with Crippen LogP contribution in [0.5, 0.6) is 11.5 Å². The lowest BCUT2D eigenvalue weighted by Gasteiger charge is -2.16. The molecule has 112 valence electrons. The van der Waals surface area contributed by atoms with Gasteiger partial charge in [0.05, 0.1) is 13.2 Å². The smallest absolute Gasteiger partial charge is 0.161 e. The highest BCUT2D eigenvalue weighted by Crippen LogP contribution is 2.32.